The molecule has 23 heavy (non-hydrogen) atoms. The molecule has 2 heterocycles. The second-order valence-electron chi connectivity index (χ2n) is 5.54. The average Bonchev–Trinajstić information content (AvgIpc) is 3.17. The summed E-state index contributed by atoms with van der Waals surface area (Å²) in [4.78, 5) is 23.5. The number of furan rings is 1. The minimum absolute atomic E-state index is 0.00549. The molecule has 0 unspecified atom stereocenters. The maximum absolute atomic E-state index is 11.2. The van der Waals surface area contributed by atoms with Gasteiger partial charge in [-0.3, -0.25) is 19.8 Å². The van der Waals surface area contributed by atoms with Crippen molar-refractivity contribution in [2.45, 2.75) is 25.4 Å². The SMILES string of the molecule is O=C(O)[C@@H]1CCCN1Cc1ccc(-c2cccc([N+](=O)[O-])c2)o1. The van der Waals surface area contributed by atoms with E-state index in [0.29, 0.717) is 30.0 Å². The van der Waals surface area contributed by atoms with Gasteiger partial charge in [0.1, 0.15) is 17.6 Å². The van der Waals surface area contributed by atoms with Crippen molar-refractivity contribution in [3.63, 3.8) is 0 Å². The fraction of sp³-hybridized carbons (Fsp3) is 0.312. The van der Waals surface area contributed by atoms with Crippen molar-refractivity contribution in [1.29, 1.82) is 0 Å². The van der Waals surface area contributed by atoms with Gasteiger partial charge in [0.05, 0.1) is 11.5 Å². The lowest BCUT2D eigenvalue weighted by molar-refractivity contribution is -0.384. The summed E-state index contributed by atoms with van der Waals surface area (Å²) in [5, 5.41) is 20.0. The van der Waals surface area contributed by atoms with Crippen LogP contribution in [0, 0.1) is 10.1 Å². The number of nitrogens with zero attached hydrogens (tertiary/aromatic N) is 2. The van der Waals surface area contributed by atoms with Gasteiger partial charge in [-0.2, -0.15) is 0 Å². The van der Waals surface area contributed by atoms with E-state index < -0.39 is 16.9 Å². The number of hydrogen-bond donors (Lipinski definition) is 1. The molecule has 0 amide bonds. The van der Waals surface area contributed by atoms with E-state index in [1.54, 1.807) is 24.3 Å². The molecule has 2 aromatic rings. The summed E-state index contributed by atoms with van der Waals surface area (Å²) in [6, 6.07) is 9.29. The molecular weight excluding hydrogens is 300 g/mol. The van der Waals surface area contributed by atoms with Crippen molar-refractivity contribution in [2.24, 2.45) is 0 Å². The first-order valence-electron chi connectivity index (χ1n) is 7.35. The third kappa shape index (κ3) is 3.24. The molecule has 0 spiro atoms. The van der Waals surface area contributed by atoms with Crippen molar-refractivity contribution >= 4 is 11.7 Å². The molecule has 1 aromatic carbocycles. The lowest BCUT2D eigenvalue weighted by Gasteiger charge is -2.19. The van der Waals surface area contributed by atoms with Crippen molar-refractivity contribution in [2.75, 3.05) is 6.54 Å². The summed E-state index contributed by atoms with van der Waals surface area (Å²) >= 11 is 0. The fourth-order valence-corrected chi connectivity index (χ4v) is 2.89. The van der Waals surface area contributed by atoms with Gasteiger partial charge in [-0.15, -0.1) is 0 Å². The minimum Gasteiger partial charge on any atom is -0.480 e. The Morgan fingerprint density at radius 3 is 2.96 bits per heavy atom. The summed E-state index contributed by atoms with van der Waals surface area (Å²) in [6.45, 7) is 1.15. The molecule has 1 N–H and O–H groups in total. The van der Waals surface area contributed by atoms with E-state index >= 15 is 0 Å². The zero-order valence-corrected chi connectivity index (χ0v) is 12.3. The van der Waals surface area contributed by atoms with E-state index in [-0.39, 0.29) is 5.69 Å². The predicted octanol–water partition coefficient (Wildman–Crippen LogP) is 2.90. The van der Waals surface area contributed by atoms with Crippen LogP contribution in [-0.4, -0.2) is 33.5 Å². The van der Waals surface area contributed by atoms with Gasteiger partial charge in [0.15, 0.2) is 0 Å². The van der Waals surface area contributed by atoms with Gasteiger partial charge in [0, 0.05) is 17.7 Å². The first-order chi connectivity index (χ1) is 11.0. The number of nitro benzene ring substituents is 1. The third-order valence-electron chi connectivity index (χ3n) is 4.01. The van der Waals surface area contributed by atoms with Crippen LogP contribution in [-0.2, 0) is 11.3 Å². The van der Waals surface area contributed by atoms with E-state index in [1.165, 1.54) is 12.1 Å². The maximum Gasteiger partial charge on any atom is 0.320 e. The van der Waals surface area contributed by atoms with Crippen molar-refractivity contribution in [3.8, 4) is 11.3 Å². The largest absolute Gasteiger partial charge is 0.480 e. The van der Waals surface area contributed by atoms with Crippen LogP contribution in [0.1, 0.15) is 18.6 Å². The van der Waals surface area contributed by atoms with E-state index in [0.717, 1.165) is 13.0 Å². The molecule has 1 atom stereocenters. The molecule has 7 heteroatoms. The quantitative estimate of drug-likeness (QED) is 0.673. The lowest BCUT2D eigenvalue weighted by Crippen LogP contribution is -2.35. The highest BCUT2D eigenvalue weighted by molar-refractivity contribution is 5.73. The van der Waals surface area contributed by atoms with E-state index in [1.807, 2.05) is 4.90 Å². The van der Waals surface area contributed by atoms with Crippen LogP contribution in [0.5, 0.6) is 0 Å². The van der Waals surface area contributed by atoms with Gasteiger partial charge < -0.3 is 9.52 Å². The van der Waals surface area contributed by atoms with Gasteiger partial charge in [0.2, 0.25) is 0 Å². The number of rotatable bonds is 5. The molecule has 7 nitrogen and oxygen atoms in total. The number of nitro groups is 1. The molecule has 1 aliphatic rings. The molecule has 120 valence electrons. The molecule has 0 aliphatic carbocycles. The van der Waals surface area contributed by atoms with Crippen molar-refractivity contribution < 1.29 is 19.2 Å². The first kappa shape index (κ1) is 15.2. The van der Waals surface area contributed by atoms with Crippen LogP contribution in [0.25, 0.3) is 11.3 Å². The van der Waals surface area contributed by atoms with Gasteiger partial charge in [-0.05, 0) is 31.5 Å². The standard InChI is InChI=1S/C16H16N2O5/c19-16(20)14-5-2-8-17(14)10-13-6-7-15(23-13)11-3-1-4-12(9-11)18(21)22/h1,3-4,6-7,9,14H,2,5,8,10H2,(H,19,20)/t14-/m0/s1. The molecular formula is C16H16N2O5. The number of non-ortho nitro benzene ring substituents is 1. The first-order valence-corrected chi connectivity index (χ1v) is 7.35. The number of hydrogen-bond acceptors (Lipinski definition) is 5. The lowest BCUT2D eigenvalue weighted by atomic mass is 10.1. The van der Waals surface area contributed by atoms with Gasteiger partial charge in [0.25, 0.3) is 5.69 Å². The average molecular weight is 316 g/mol. The Labute approximate surface area is 132 Å². The van der Waals surface area contributed by atoms with Gasteiger partial charge in [-0.25, -0.2) is 0 Å². The topological polar surface area (TPSA) is 96.8 Å². The van der Waals surface area contributed by atoms with E-state index in [9.17, 15) is 20.0 Å². The zero-order chi connectivity index (χ0) is 16.4. The molecule has 0 bridgehead atoms. The second-order valence-corrected chi connectivity index (χ2v) is 5.54. The molecule has 0 radical (unpaired) electrons. The van der Waals surface area contributed by atoms with Crippen LogP contribution < -0.4 is 0 Å². The molecule has 0 saturated carbocycles. The third-order valence-corrected chi connectivity index (χ3v) is 4.01. The molecule has 3 rings (SSSR count). The number of carbonyl (C=O) groups is 1. The van der Waals surface area contributed by atoms with Gasteiger partial charge in [-0.1, -0.05) is 12.1 Å². The Balaban J connectivity index is 1.77. The Hall–Kier alpha value is -2.67. The predicted molar refractivity (Wildman–Crippen MR) is 81.9 cm³/mol. The second kappa shape index (κ2) is 6.21. The maximum atomic E-state index is 11.2. The molecule has 1 aliphatic heterocycles. The molecule has 1 aromatic heterocycles. The summed E-state index contributed by atoms with van der Waals surface area (Å²) in [5.41, 5.74) is 0.632. The molecule has 1 saturated heterocycles. The number of likely N-dealkylation sites (tertiary alicyclic amines) is 1. The Morgan fingerprint density at radius 2 is 2.22 bits per heavy atom. The number of benzene rings is 1. The van der Waals surface area contributed by atoms with Crippen LogP contribution in [0.3, 0.4) is 0 Å². The Kier molecular flexibility index (Phi) is 4.12. The zero-order valence-electron chi connectivity index (χ0n) is 12.3. The highest BCUT2D eigenvalue weighted by Crippen LogP contribution is 2.27. The Bertz CT molecular complexity index is 740. The monoisotopic (exact) mass is 316 g/mol. The highest BCUT2D eigenvalue weighted by Gasteiger charge is 2.30. The minimum atomic E-state index is -0.812. The number of aliphatic carboxylic acids is 1. The smallest absolute Gasteiger partial charge is 0.320 e. The summed E-state index contributed by atoms with van der Waals surface area (Å²) < 4.78 is 5.74. The van der Waals surface area contributed by atoms with Gasteiger partial charge >= 0.3 is 5.97 Å². The summed E-state index contributed by atoms with van der Waals surface area (Å²) in [7, 11) is 0. The number of carboxylic acids is 1. The molecule has 1 fully saturated rings. The summed E-state index contributed by atoms with van der Waals surface area (Å²) in [6.07, 6.45) is 1.50. The van der Waals surface area contributed by atoms with Crippen molar-refractivity contribution in [3.05, 3.63) is 52.3 Å². The van der Waals surface area contributed by atoms with E-state index in [2.05, 4.69) is 0 Å². The van der Waals surface area contributed by atoms with Crippen LogP contribution >= 0.6 is 0 Å². The van der Waals surface area contributed by atoms with Crippen molar-refractivity contribution in [1.82, 2.24) is 4.90 Å². The summed E-state index contributed by atoms with van der Waals surface area (Å²) in [5.74, 6) is 0.377. The normalized spacial score (nSPS) is 18.2. The fourth-order valence-electron chi connectivity index (χ4n) is 2.89. The van der Waals surface area contributed by atoms with Crippen LogP contribution in [0.2, 0.25) is 0 Å². The van der Waals surface area contributed by atoms with Crippen LogP contribution in [0.4, 0.5) is 5.69 Å². The van der Waals surface area contributed by atoms with E-state index in [4.69, 9.17) is 4.42 Å². The van der Waals surface area contributed by atoms with Crippen LogP contribution in [0.15, 0.2) is 40.8 Å². The number of carboxylic acid groups (broad SMARTS) is 1. The highest BCUT2D eigenvalue weighted by atomic mass is 16.6. The Morgan fingerprint density at radius 1 is 1.39 bits per heavy atom.